The number of piperazine rings is 1. The van der Waals surface area contributed by atoms with E-state index in [1.165, 1.54) is 34.0 Å². The van der Waals surface area contributed by atoms with Gasteiger partial charge in [-0.1, -0.05) is 6.07 Å². The van der Waals surface area contributed by atoms with E-state index in [2.05, 4.69) is 27.0 Å². The Balaban J connectivity index is 1.32. The average Bonchev–Trinajstić information content (AvgIpc) is 3.08. The molecule has 140 valence electrons. The standard InChI is InChI=1S/C20H23N5OS/c26-19-18-14-5-1-2-6-15(14)27-20(18)23-16(22-19)13-24-9-11-25(12-10-24)17-7-3-4-8-21-17/h3-4,7-8H,1-2,5-6,9-13H2,(H,22,23,26)/p+2. The van der Waals surface area contributed by atoms with E-state index in [9.17, 15) is 4.79 Å². The third-order valence-corrected chi connectivity index (χ3v) is 6.98. The molecule has 6 nitrogen and oxygen atoms in total. The van der Waals surface area contributed by atoms with Gasteiger partial charge in [0.15, 0.2) is 5.82 Å². The summed E-state index contributed by atoms with van der Waals surface area (Å²) < 4.78 is 0. The number of thiophene rings is 1. The first kappa shape index (κ1) is 16.9. The Morgan fingerprint density at radius 3 is 2.89 bits per heavy atom. The number of nitrogens with one attached hydrogen (secondary N) is 3. The van der Waals surface area contributed by atoms with Crippen LogP contribution in [0, 0.1) is 0 Å². The lowest BCUT2D eigenvalue weighted by Crippen LogP contribution is -3.13. The summed E-state index contributed by atoms with van der Waals surface area (Å²) in [6, 6.07) is 6.19. The first-order chi connectivity index (χ1) is 13.3. The Kier molecular flexibility index (Phi) is 4.41. The van der Waals surface area contributed by atoms with Crippen molar-refractivity contribution in [2.75, 3.05) is 31.1 Å². The molecule has 1 aliphatic carbocycles. The molecule has 0 atom stereocenters. The minimum Gasteiger partial charge on any atom is -0.322 e. The fourth-order valence-corrected chi connectivity index (χ4v) is 5.63. The first-order valence-electron chi connectivity index (χ1n) is 9.86. The minimum atomic E-state index is 0.0614. The molecule has 0 amide bonds. The van der Waals surface area contributed by atoms with E-state index in [4.69, 9.17) is 4.98 Å². The highest BCUT2D eigenvalue weighted by Crippen LogP contribution is 2.33. The number of fused-ring (bicyclic) bond motifs is 3. The third-order valence-electron chi connectivity index (χ3n) is 5.80. The number of nitrogens with zero attached hydrogens (tertiary/aromatic N) is 2. The van der Waals surface area contributed by atoms with Crippen molar-refractivity contribution in [2.45, 2.75) is 32.2 Å². The van der Waals surface area contributed by atoms with Crippen molar-refractivity contribution in [3.8, 4) is 0 Å². The molecular weight excluding hydrogens is 358 g/mol. The summed E-state index contributed by atoms with van der Waals surface area (Å²) in [6.07, 6.45) is 6.53. The van der Waals surface area contributed by atoms with Gasteiger partial charge in [0.25, 0.3) is 11.4 Å². The lowest BCUT2D eigenvalue weighted by atomic mass is 9.97. The van der Waals surface area contributed by atoms with Gasteiger partial charge in [0.1, 0.15) is 37.6 Å². The van der Waals surface area contributed by atoms with Gasteiger partial charge in [-0.05, 0) is 37.3 Å². The smallest absolute Gasteiger partial charge is 0.274 e. The monoisotopic (exact) mass is 383 g/mol. The van der Waals surface area contributed by atoms with E-state index in [0.717, 1.165) is 61.6 Å². The zero-order chi connectivity index (χ0) is 18.2. The molecule has 5 rings (SSSR count). The molecule has 0 saturated carbocycles. The number of H-pyrrole nitrogens is 2. The molecule has 4 heterocycles. The Morgan fingerprint density at radius 2 is 2.07 bits per heavy atom. The normalized spacial score (nSPS) is 18.0. The maximum absolute atomic E-state index is 12.7. The quantitative estimate of drug-likeness (QED) is 0.695. The highest BCUT2D eigenvalue weighted by atomic mass is 32.1. The number of rotatable bonds is 3. The third kappa shape index (κ3) is 3.26. The lowest BCUT2D eigenvalue weighted by molar-refractivity contribution is -0.915. The van der Waals surface area contributed by atoms with Gasteiger partial charge in [0, 0.05) is 10.9 Å². The van der Waals surface area contributed by atoms with Crippen molar-refractivity contribution in [3.05, 3.63) is 51.0 Å². The van der Waals surface area contributed by atoms with Crippen molar-refractivity contribution in [2.24, 2.45) is 0 Å². The molecule has 3 aromatic rings. The van der Waals surface area contributed by atoms with E-state index in [1.54, 1.807) is 11.3 Å². The zero-order valence-corrected chi connectivity index (χ0v) is 16.2. The highest BCUT2D eigenvalue weighted by Gasteiger charge is 2.27. The number of quaternary nitrogens is 1. The number of aromatic nitrogens is 3. The first-order valence-corrected chi connectivity index (χ1v) is 10.7. The minimum absolute atomic E-state index is 0.0614. The van der Waals surface area contributed by atoms with Crippen molar-refractivity contribution in [1.29, 1.82) is 0 Å². The number of anilines is 1. The Labute approximate surface area is 161 Å². The van der Waals surface area contributed by atoms with Gasteiger partial charge >= 0.3 is 0 Å². The molecule has 1 saturated heterocycles. The summed E-state index contributed by atoms with van der Waals surface area (Å²) in [5.41, 5.74) is 1.33. The maximum atomic E-state index is 12.7. The van der Waals surface area contributed by atoms with Gasteiger partial charge in [-0.15, -0.1) is 11.3 Å². The van der Waals surface area contributed by atoms with E-state index in [0.29, 0.717) is 0 Å². The number of pyridine rings is 1. The Hall–Kier alpha value is -2.25. The molecule has 1 fully saturated rings. The van der Waals surface area contributed by atoms with Crippen LogP contribution in [0.3, 0.4) is 0 Å². The van der Waals surface area contributed by atoms with Gasteiger partial charge in [0.2, 0.25) is 0 Å². The van der Waals surface area contributed by atoms with Gasteiger partial charge in [-0.2, -0.15) is 0 Å². The fraction of sp³-hybridized carbons (Fsp3) is 0.450. The molecule has 0 aromatic carbocycles. The molecule has 0 bridgehead atoms. The van der Waals surface area contributed by atoms with E-state index < -0.39 is 0 Å². The molecule has 3 aromatic heterocycles. The second-order valence-corrected chi connectivity index (χ2v) is 8.65. The van der Waals surface area contributed by atoms with Gasteiger partial charge in [-0.3, -0.25) is 9.69 Å². The maximum Gasteiger partial charge on any atom is 0.274 e. The molecule has 0 radical (unpaired) electrons. The van der Waals surface area contributed by atoms with Crippen molar-refractivity contribution < 1.29 is 9.88 Å². The van der Waals surface area contributed by atoms with Crippen LogP contribution in [0.5, 0.6) is 0 Å². The van der Waals surface area contributed by atoms with Crippen LogP contribution in [0.4, 0.5) is 5.82 Å². The van der Waals surface area contributed by atoms with Gasteiger partial charge < -0.3 is 9.88 Å². The second kappa shape index (κ2) is 7.05. The Bertz CT molecular complexity index is 1000. The molecule has 0 unspecified atom stereocenters. The predicted molar refractivity (Wildman–Crippen MR) is 106 cm³/mol. The van der Waals surface area contributed by atoms with Gasteiger partial charge in [0.05, 0.1) is 11.6 Å². The van der Waals surface area contributed by atoms with Crippen LogP contribution in [-0.4, -0.2) is 36.1 Å². The van der Waals surface area contributed by atoms with Crippen molar-refractivity contribution >= 4 is 27.4 Å². The highest BCUT2D eigenvalue weighted by molar-refractivity contribution is 7.18. The Morgan fingerprint density at radius 1 is 1.22 bits per heavy atom. The molecule has 1 aliphatic heterocycles. The summed E-state index contributed by atoms with van der Waals surface area (Å²) in [4.78, 5) is 30.1. The molecule has 7 heteroatoms. The van der Waals surface area contributed by atoms with Crippen LogP contribution >= 0.6 is 11.3 Å². The number of hydrogen-bond donors (Lipinski definition) is 2. The van der Waals surface area contributed by atoms with Crippen molar-refractivity contribution in [1.82, 2.24) is 9.97 Å². The average molecular weight is 384 g/mol. The SMILES string of the molecule is O=c1[nH]c(C[NH+]2CCN(c3cccc[nH+]3)CC2)nc2sc3c(c12)CCCC3. The molecule has 2 aliphatic rings. The predicted octanol–water partition coefficient (Wildman–Crippen LogP) is 0.583. The summed E-state index contributed by atoms with van der Waals surface area (Å²) >= 11 is 1.74. The topological polar surface area (TPSA) is 67.6 Å². The summed E-state index contributed by atoms with van der Waals surface area (Å²) in [5, 5.41) is 0.859. The van der Waals surface area contributed by atoms with Crippen LogP contribution in [0.2, 0.25) is 0 Å². The van der Waals surface area contributed by atoms with Crippen LogP contribution in [0.15, 0.2) is 29.2 Å². The molecule has 27 heavy (non-hydrogen) atoms. The second-order valence-electron chi connectivity index (χ2n) is 7.57. The van der Waals surface area contributed by atoms with Crippen LogP contribution in [0.25, 0.3) is 10.2 Å². The summed E-state index contributed by atoms with van der Waals surface area (Å²) in [5.74, 6) is 2.01. The van der Waals surface area contributed by atoms with Crippen LogP contribution in [0.1, 0.15) is 29.1 Å². The number of aromatic amines is 2. The van der Waals surface area contributed by atoms with Crippen LogP contribution in [-0.2, 0) is 19.4 Å². The largest absolute Gasteiger partial charge is 0.322 e. The summed E-state index contributed by atoms with van der Waals surface area (Å²) in [6.45, 7) is 4.90. The molecular formula is C20H25N5OS+2. The van der Waals surface area contributed by atoms with Crippen molar-refractivity contribution in [3.63, 3.8) is 0 Å². The zero-order valence-electron chi connectivity index (χ0n) is 15.4. The molecule has 3 N–H and O–H groups in total. The van der Waals surface area contributed by atoms with Crippen LogP contribution < -0.4 is 20.3 Å². The number of hydrogen-bond acceptors (Lipinski definition) is 4. The number of aryl methyl sites for hydroxylation is 2. The van der Waals surface area contributed by atoms with E-state index >= 15 is 0 Å². The fourth-order valence-electron chi connectivity index (χ4n) is 4.35. The van der Waals surface area contributed by atoms with E-state index in [-0.39, 0.29) is 5.56 Å². The molecule has 0 spiro atoms. The van der Waals surface area contributed by atoms with E-state index in [1.807, 2.05) is 12.3 Å². The lowest BCUT2D eigenvalue weighted by Gasteiger charge is -2.27. The summed E-state index contributed by atoms with van der Waals surface area (Å²) in [7, 11) is 0. The van der Waals surface area contributed by atoms with Gasteiger partial charge in [-0.25, -0.2) is 9.97 Å².